The molecule has 9 aromatic rings. The zero-order valence-corrected chi connectivity index (χ0v) is 23.2. The van der Waals surface area contributed by atoms with Gasteiger partial charge in [-0.3, -0.25) is 0 Å². The standard InChI is InChI=1S/C38H22S2/c1-2-11-24-23(9-1)10-7-16-25(24)35-26-12-3-5-14-28(26)36(29-15-6-4-13-27(29)35)31-17-8-18-34-37(31)32-19-20-33-30(21-22-39-33)38(32)40-34/h1-22H. The molecule has 0 bridgehead atoms. The maximum atomic E-state index is 2.34. The van der Waals surface area contributed by atoms with Crippen LogP contribution in [0.5, 0.6) is 0 Å². The molecule has 0 atom stereocenters. The summed E-state index contributed by atoms with van der Waals surface area (Å²) in [5.74, 6) is 0. The monoisotopic (exact) mass is 542 g/mol. The van der Waals surface area contributed by atoms with Crippen molar-refractivity contribution in [3.8, 4) is 22.3 Å². The van der Waals surface area contributed by atoms with E-state index in [9.17, 15) is 0 Å². The van der Waals surface area contributed by atoms with Crippen LogP contribution in [0.15, 0.2) is 133 Å². The van der Waals surface area contributed by atoms with Crippen LogP contribution < -0.4 is 0 Å². The molecule has 0 spiro atoms. The predicted octanol–water partition coefficient (Wildman–Crippen LogP) is 12.1. The molecule has 2 heterocycles. The zero-order valence-electron chi connectivity index (χ0n) is 21.5. The Bertz CT molecular complexity index is 2370. The van der Waals surface area contributed by atoms with Gasteiger partial charge in [-0.05, 0) is 78.2 Å². The molecule has 0 radical (unpaired) electrons. The molecule has 9 rings (SSSR count). The van der Waals surface area contributed by atoms with Crippen molar-refractivity contribution in [2.45, 2.75) is 0 Å². The van der Waals surface area contributed by atoms with E-state index in [-0.39, 0.29) is 0 Å². The van der Waals surface area contributed by atoms with Crippen molar-refractivity contribution in [3.63, 3.8) is 0 Å². The highest BCUT2D eigenvalue weighted by Crippen LogP contribution is 2.49. The van der Waals surface area contributed by atoms with Gasteiger partial charge in [0.05, 0.1) is 0 Å². The van der Waals surface area contributed by atoms with Gasteiger partial charge in [-0.25, -0.2) is 0 Å². The fourth-order valence-corrected chi connectivity index (χ4v) is 8.80. The second-order valence-electron chi connectivity index (χ2n) is 10.4. The van der Waals surface area contributed by atoms with Crippen LogP contribution in [0, 0.1) is 0 Å². The molecule has 0 aliphatic carbocycles. The quantitative estimate of drug-likeness (QED) is 0.191. The minimum Gasteiger partial charge on any atom is -0.144 e. The minimum absolute atomic E-state index is 1.27. The van der Waals surface area contributed by atoms with Gasteiger partial charge in [0.25, 0.3) is 0 Å². The van der Waals surface area contributed by atoms with Crippen molar-refractivity contribution in [2.75, 3.05) is 0 Å². The van der Waals surface area contributed by atoms with Crippen molar-refractivity contribution < 1.29 is 0 Å². The first-order chi connectivity index (χ1) is 19.9. The van der Waals surface area contributed by atoms with Gasteiger partial charge >= 0.3 is 0 Å². The summed E-state index contributed by atoms with van der Waals surface area (Å²) in [6.45, 7) is 0. The molecular formula is C38H22S2. The van der Waals surface area contributed by atoms with E-state index in [0.717, 1.165) is 0 Å². The van der Waals surface area contributed by atoms with E-state index in [4.69, 9.17) is 0 Å². The number of fused-ring (bicyclic) bond motifs is 8. The van der Waals surface area contributed by atoms with E-state index in [1.165, 1.54) is 84.8 Å². The Morgan fingerprint density at radius 1 is 0.375 bits per heavy atom. The second-order valence-corrected chi connectivity index (χ2v) is 12.4. The van der Waals surface area contributed by atoms with E-state index < -0.39 is 0 Å². The number of thiophene rings is 2. The first-order valence-corrected chi connectivity index (χ1v) is 15.3. The second kappa shape index (κ2) is 8.50. The summed E-state index contributed by atoms with van der Waals surface area (Å²) in [5.41, 5.74) is 5.24. The number of rotatable bonds is 2. The van der Waals surface area contributed by atoms with Gasteiger partial charge in [0.15, 0.2) is 0 Å². The number of benzene rings is 7. The summed E-state index contributed by atoms with van der Waals surface area (Å²) in [4.78, 5) is 0. The van der Waals surface area contributed by atoms with E-state index >= 15 is 0 Å². The van der Waals surface area contributed by atoms with E-state index in [2.05, 4.69) is 133 Å². The SMILES string of the molecule is c1ccc2c(-c3c4ccccc4c(-c4cccc5sc6c7ccsc7ccc6c45)c4ccccc34)cccc2c1. The average Bonchev–Trinajstić information content (AvgIpc) is 3.64. The van der Waals surface area contributed by atoms with E-state index in [1.807, 2.05) is 22.7 Å². The highest BCUT2D eigenvalue weighted by atomic mass is 32.1. The minimum atomic E-state index is 1.27. The predicted molar refractivity (Wildman–Crippen MR) is 178 cm³/mol. The van der Waals surface area contributed by atoms with Gasteiger partial charge in [-0.15, -0.1) is 22.7 Å². The smallest absolute Gasteiger partial charge is 0.0442 e. The molecule has 2 heteroatoms. The van der Waals surface area contributed by atoms with Crippen LogP contribution in [0.25, 0.3) is 84.8 Å². The lowest BCUT2D eigenvalue weighted by Crippen LogP contribution is -1.92. The van der Waals surface area contributed by atoms with Crippen LogP contribution in [-0.2, 0) is 0 Å². The van der Waals surface area contributed by atoms with E-state index in [0.29, 0.717) is 0 Å². The lowest BCUT2D eigenvalue weighted by Gasteiger charge is -2.19. The Balaban J connectivity index is 1.47. The maximum Gasteiger partial charge on any atom is 0.0442 e. The van der Waals surface area contributed by atoms with Gasteiger partial charge in [0, 0.05) is 30.3 Å². The van der Waals surface area contributed by atoms with Gasteiger partial charge in [0.2, 0.25) is 0 Å². The molecule has 186 valence electrons. The molecule has 0 unspecified atom stereocenters. The summed E-state index contributed by atoms with van der Waals surface area (Å²) in [7, 11) is 0. The Morgan fingerprint density at radius 2 is 0.975 bits per heavy atom. The fraction of sp³-hybridized carbons (Fsp3) is 0. The molecule has 40 heavy (non-hydrogen) atoms. The molecular weight excluding hydrogens is 521 g/mol. The molecule has 0 saturated carbocycles. The molecule has 2 aromatic heterocycles. The molecule has 0 aliphatic rings. The van der Waals surface area contributed by atoms with Crippen molar-refractivity contribution in [3.05, 3.63) is 133 Å². The third-order valence-electron chi connectivity index (χ3n) is 8.35. The topological polar surface area (TPSA) is 0 Å². The summed E-state index contributed by atoms with van der Waals surface area (Å²) < 4.78 is 4.09. The van der Waals surface area contributed by atoms with Crippen molar-refractivity contribution in [1.82, 2.24) is 0 Å². The van der Waals surface area contributed by atoms with Gasteiger partial charge < -0.3 is 0 Å². The first-order valence-electron chi connectivity index (χ1n) is 13.6. The number of hydrogen-bond acceptors (Lipinski definition) is 2. The third-order valence-corrected chi connectivity index (χ3v) is 10.4. The van der Waals surface area contributed by atoms with Crippen LogP contribution in [0.1, 0.15) is 0 Å². The highest BCUT2D eigenvalue weighted by molar-refractivity contribution is 7.27. The van der Waals surface area contributed by atoms with Crippen LogP contribution in [0.3, 0.4) is 0 Å². The van der Waals surface area contributed by atoms with Crippen molar-refractivity contribution >= 4 is 85.2 Å². The van der Waals surface area contributed by atoms with E-state index in [1.54, 1.807) is 0 Å². The van der Waals surface area contributed by atoms with Crippen molar-refractivity contribution in [2.24, 2.45) is 0 Å². The van der Waals surface area contributed by atoms with Gasteiger partial charge in [0.1, 0.15) is 0 Å². The summed E-state index contributed by atoms with van der Waals surface area (Å²) in [5, 5.41) is 14.0. The molecule has 0 nitrogen and oxygen atoms in total. The Kier molecular flexibility index (Phi) is 4.74. The average molecular weight is 543 g/mol. The molecule has 0 saturated heterocycles. The molecule has 0 aliphatic heterocycles. The molecule has 0 fully saturated rings. The zero-order chi connectivity index (χ0) is 26.2. The normalized spacial score (nSPS) is 12.0. The highest BCUT2D eigenvalue weighted by Gasteiger charge is 2.20. The van der Waals surface area contributed by atoms with Gasteiger partial charge in [-0.1, -0.05) is 109 Å². The van der Waals surface area contributed by atoms with Crippen LogP contribution in [0.2, 0.25) is 0 Å². The summed E-state index contributed by atoms with van der Waals surface area (Å²) in [6, 6.07) is 47.2. The fourth-order valence-electron chi connectivity index (χ4n) is 6.69. The molecule has 0 amide bonds. The van der Waals surface area contributed by atoms with Crippen molar-refractivity contribution in [1.29, 1.82) is 0 Å². The third kappa shape index (κ3) is 3.06. The lowest BCUT2D eigenvalue weighted by atomic mass is 9.84. The Labute approximate surface area is 239 Å². The Hall–Kier alpha value is -4.50. The Morgan fingerprint density at radius 3 is 1.73 bits per heavy atom. The summed E-state index contributed by atoms with van der Waals surface area (Å²) >= 11 is 3.75. The van der Waals surface area contributed by atoms with Crippen LogP contribution >= 0.6 is 22.7 Å². The lowest BCUT2D eigenvalue weighted by molar-refractivity contribution is 1.69. The van der Waals surface area contributed by atoms with Crippen LogP contribution in [-0.4, -0.2) is 0 Å². The molecule has 7 aromatic carbocycles. The largest absolute Gasteiger partial charge is 0.144 e. The van der Waals surface area contributed by atoms with Gasteiger partial charge in [-0.2, -0.15) is 0 Å². The number of hydrogen-bond donors (Lipinski definition) is 0. The molecule has 0 N–H and O–H groups in total. The van der Waals surface area contributed by atoms with Crippen LogP contribution in [0.4, 0.5) is 0 Å². The first kappa shape index (κ1) is 22.3. The summed E-state index contributed by atoms with van der Waals surface area (Å²) in [6.07, 6.45) is 0. The maximum absolute atomic E-state index is 2.34.